The Morgan fingerprint density at radius 2 is 1.50 bits per heavy atom. The lowest BCUT2D eigenvalue weighted by molar-refractivity contribution is -0.137. The fourth-order valence-corrected chi connectivity index (χ4v) is 4.08. The fraction of sp³-hybridized carbons (Fsp3) is 0.400. The van der Waals surface area contributed by atoms with Crippen LogP contribution < -0.4 is 5.19 Å². The van der Waals surface area contributed by atoms with Gasteiger partial charge in [-0.15, -0.1) is 0 Å². The van der Waals surface area contributed by atoms with E-state index < -0.39 is 24.8 Å². The van der Waals surface area contributed by atoms with Crippen molar-refractivity contribution in [2.45, 2.75) is 25.8 Å². The van der Waals surface area contributed by atoms with E-state index >= 15 is 0 Å². The number of halogens is 5. The lowest BCUT2D eigenvalue weighted by Crippen LogP contribution is -2.38. The van der Waals surface area contributed by atoms with Gasteiger partial charge in [-0.25, -0.2) is 0 Å². The van der Waals surface area contributed by atoms with Crippen molar-refractivity contribution in [2.24, 2.45) is 0 Å². The van der Waals surface area contributed by atoms with Gasteiger partial charge in [0, 0.05) is 0 Å². The smallest absolute Gasteiger partial charge is 0.166 e. The zero-order chi connectivity index (χ0) is 12.7. The van der Waals surface area contributed by atoms with E-state index in [1.54, 1.807) is 0 Å². The largest absolute Gasteiger partial charge is 0.417 e. The number of hydrogen-bond donors (Lipinski definition) is 0. The minimum absolute atomic E-state index is 0.0376. The van der Waals surface area contributed by atoms with Gasteiger partial charge in [-0.3, -0.25) is 0 Å². The Labute approximate surface area is 103 Å². The second-order valence-corrected chi connectivity index (χ2v) is 10.3. The monoisotopic (exact) mass is 286 g/mol. The molecule has 1 rings (SSSR count). The predicted molar refractivity (Wildman–Crippen MR) is 64.4 cm³/mol. The van der Waals surface area contributed by atoms with Crippen LogP contribution in [0, 0.1) is 0 Å². The Morgan fingerprint density at radius 3 is 1.88 bits per heavy atom. The molecule has 0 saturated carbocycles. The van der Waals surface area contributed by atoms with Gasteiger partial charge >= 0.3 is 6.18 Å². The average molecular weight is 287 g/mol. The van der Waals surface area contributed by atoms with Crippen LogP contribution in [0.5, 0.6) is 0 Å². The Hall–Kier alpha value is -0.193. The van der Waals surface area contributed by atoms with Crippen LogP contribution in [0.3, 0.4) is 0 Å². The molecular formula is C10H11Cl2F3Si. The molecule has 1 aromatic rings. The van der Waals surface area contributed by atoms with E-state index in [0.717, 1.165) is 11.3 Å². The third-order valence-corrected chi connectivity index (χ3v) is 5.27. The average Bonchev–Trinajstić information content (AvgIpc) is 2.05. The van der Waals surface area contributed by atoms with Gasteiger partial charge in [0.1, 0.15) is 0 Å². The molecule has 0 nitrogen and oxygen atoms in total. The second-order valence-electron chi connectivity index (χ2n) is 4.54. The summed E-state index contributed by atoms with van der Waals surface area (Å²) >= 11 is 11.6. The summed E-state index contributed by atoms with van der Waals surface area (Å²) < 4.78 is 37.6. The molecule has 0 N–H and O–H groups in total. The first kappa shape index (κ1) is 13.9. The van der Waals surface area contributed by atoms with Crippen molar-refractivity contribution in [3.8, 4) is 0 Å². The maximum absolute atomic E-state index is 12.5. The Balaban J connectivity index is 3.41. The third kappa shape index (κ3) is 2.73. The standard InChI is InChI=1S/C10H11Cl2F3Si/c1-16(2,3)7-5-4-6(10(13,14)15)8(11)9(7)12/h4-5H,1-3H3. The van der Waals surface area contributed by atoms with Crippen LogP contribution in [-0.2, 0) is 6.18 Å². The molecule has 0 bridgehead atoms. The van der Waals surface area contributed by atoms with Crippen molar-refractivity contribution in [1.29, 1.82) is 0 Å². The Bertz CT molecular complexity index is 369. The number of benzene rings is 1. The van der Waals surface area contributed by atoms with E-state index in [9.17, 15) is 13.2 Å². The minimum atomic E-state index is -4.46. The maximum Gasteiger partial charge on any atom is 0.417 e. The molecule has 0 radical (unpaired) electrons. The van der Waals surface area contributed by atoms with E-state index in [0.29, 0.717) is 0 Å². The maximum atomic E-state index is 12.5. The minimum Gasteiger partial charge on any atom is -0.166 e. The van der Waals surface area contributed by atoms with Gasteiger partial charge in [0.15, 0.2) is 0 Å². The zero-order valence-corrected chi connectivity index (χ0v) is 11.6. The van der Waals surface area contributed by atoms with Crippen molar-refractivity contribution >= 4 is 36.5 Å². The summed E-state index contributed by atoms with van der Waals surface area (Å²) in [5.41, 5.74) is -0.874. The molecule has 0 aliphatic rings. The predicted octanol–water partition coefficient (Wildman–Crippen LogP) is 4.56. The number of rotatable bonds is 1. The molecule has 6 heteroatoms. The van der Waals surface area contributed by atoms with Gasteiger partial charge in [0.05, 0.1) is 23.7 Å². The van der Waals surface area contributed by atoms with Gasteiger partial charge < -0.3 is 0 Å². The van der Waals surface area contributed by atoms with Gasteiger partial charge in [0.25, 0.3) is 0 Å². The van der Waals surface area contributed by atoms with Crippen LogP contribution in [0.1, 0.15) is 5.56 Å². The highest BCUT2D eigenvalue weighted by molar-refractivity contribution is 6.90. The van der Waals surface area contributed by atoms with Crippen LogP contribution >= 0.6 is 23.2 Å². The van der Waals surface area contributed by atoms with Crippen molar-refractivity contribution in [1.82, 2.24) is 0 Å². The SMILES string of the molecule is C[Si](C)(C)c1ccc(C(F)(F)F)c(Cl)c1Cl. The lowest BCUT2D eigenvalue weighted by atomic mass is 10.2. The van der Waals surface area contributed by atoms with Crippen molar-refractivity contribution in [3.63, 3.8) is 0 Å². The van der Waals surface area contributed by atoms with E-state index in [1.807, 2.05) is 19.6 Å². The summed E-state index contributed by atoms with van der Waals surface area (Å²) in [5.74, 6) is 0. The quantitative estimate of drug-likeness (QED) is 0.664. The summed E-state index contributed by atoms with van der Waals surface area (Å²) in [4.78, 5) is 0. The fourth-order valence-electron chi connectivity index (χ4n) is 1.35. The van der Waals surface area contributed by atoms with Gasteiger partial charge in [-0.05, 0) is 11.3 Å². The van der Waals surface area contributed by atoms with Gasteiger partial charge in [-0.2, -0.15) is 13.2 Å². The number of hydrogen-bond acceptors (Lipinski definition) is 0. The van der Waals surface area contributed by atoms with E-state index in [-0.39, 0.29) is 5.02 Å². The molecule has 0 aliphatic carbocycles. The molecule has 0 heterocycles. The topological polar surface area (TPSA) is 0 Å². The molecule has 90 valence electrons. The van der Waals surface area contributed by atoms with Gasteiger partial charge in [-0.1, -0.05) is 48.9 Å². The first-order chi connectivity index (χ1) is 7.05. The molecule has 1 aromatic carbocycles. The highest BCUT2D eigenvalue weighted by Gasteiger charge is 2.35. The molecular weight excluding hydrogens is 276 g/mol. The summed E-state index contributed by atoms with van der Waals surface area (Å²) in [7, 11) is -1.78. The second kappa shape index (κ2) is 4.24. The number of alkyl halides is 3. The summed E-state index contributed by atoms with van der Waals surface area (Å²) in [5, 5.41) is 0.386. The zero-order valence-electron chi connectivity index (χ0n) is 9.04. The van der Waals surface area contributed by atoms with Crippen LogP contribution in [0.25, 0.3) is 0 Å². The molecule has 0 unspecified atom stereocenters. The van der Waals surface area contributed by atoms with Crippen LogP contribution in [-0.4, -0.2) is 8.07 Å². The molecule has 0 aliphatic heterocycles. The van der Waals surface area contributed by atoms with Crippen LogP contribution in [0.4, 0.5) is 13.2 Å². The highest BCUT2D eigenvalue weighted by Crippen LogP contribution is 2.37. The molecule has 0 amide bonds. The van der Waals surface area contributed by atoms with E-state index in [1.165, 1.54) is 6.07 Å². The van der Waals surface area contributed by atoms with Gasteiger partial charge in [0.2, 0.25) is 0 Å². The summed E-state index contributed by atoms with van der Waals surface area (Å²) in [6.07, 6.45) is -4.46. The molecule has 0 atom stereocenters. The van der Waals surface area contributed by atoms with Crippen molar-refractivity contribution in [2.75, 3.05) is 0 Å². The van der Waals surface area contributed by atoms with Crippen LogP contribution in [0.15, 0.2) is 12.1 Å². The Morgan fingerprint density at radius 1 is 1.00 bits per heavy atom. The van der Waals surface area contributed by atoms with Crippen molar-refractivity contribution in [3.05, 3.63) is 27.7 Å². The van der Waals surface area contributed by atoms with E-state index in [4.69, 9.17) is 23.2 Å². The molecule has 0 aromatic heterocycles. The Kier molecular flexibility index (Phi) is 3.67. The summed E-state index contributed by atoms with van der Waals surface area (Å²) in [6, 6.07) is 2.44. The van der Waals surface area contributed by atoms with Crippen molar-refractivity contribution < 1.29 is 13.2 Å². The molecule has 16 heavy (non-hydrogen) atoms. The van der Waals surface area contributed by atoms with Crippen LogP contribution in [0.2, 0.25) is 29.7 Å². The molecule has 0 fully saturated rings. The molecule has 0 saturated heterocycles. The third-order valence-electron chi connectivity index (χ3n) is 2.20. The normalized spacial score (nSPS) is 13.0. The molecule has 0 spiro atoms. The first-order valence-corrected chi connectivity index (χ1v) is 8.86. The summed E-state index contributed by atoms with van der Waals surface area (Å²) in [6.45, 7) is 5.99. The highest BCUT2D eigenvalue weighted by atomic mass is 35.5. The lowest BCUT2D eigenvalue weighted by Gasteiger charge is -2.21. The van der Waals surface area contributed by atoms with E-state index in [2.05, 4.69) is 0 Å². The first-order valence-electron chi connectivity index (χ1n) is 4.61.